The van der Waals surface area contributed by atoms with Gasteiger partial charge in [-0.2, -0.15) is 5.26 Å². The van der Waals surface area contributed by atoms with Gasteiger partial charge < -0.3 is 10.1 Å². The van der Waals surface area contributed by atoms with E-state index in [0.717, 1.165) is 41.4 Å². The van der Waals surface area contributed by atoms with Crippen molar-refractivity contribution < 1.29 is 9.53 Å². The molecule has 146 valence electrons. The van der Waals surface area contributed by atoms with Crippen molar-refractivity contribution in [1.29, 1.82) is 5.26 Å². The summed E-state index contributed by atoms with van der Waals surface area (Å²) in [5.41, 5.74) is 3.67. The van der Waals surface area contributed by atoms with Gasteiger partial charge in [-0.15, -0.1) is 11.8 Å². The molecule has 1 aliphatic rings. The molecule has 28 heavy (non-hydrogen) atoms. The van der Waals surface area contributed by atoms with E-state index in [1.807, 2.05) is 37.3 Å². The summed E-state index contributed by atoms with van der Waals surface area (Å²) in [7, 11) is 0. The zero-order chi connectivity index (χ0) is 19.9. The van der Waals surface area contributed by atoms with Crippen LogP contribution in [0.3, 0.4) is 0 Å². The molecular weight excluding hydrogens is 370 g/mol. The van der Waals surface area contributed by atoms with Crippen molar-refractivity contribution in [2.24, 2.45) is 5.92 Å². The second-order valence-electron chi connectivity index (χ2n) is 7.01. The molecule has 5 nitrogen and oxygen atoms in total. The molecule has 0 fully saturated rings. The molecule has 0 spiro atoms. The van der Waals surface area contributed by atoms with Crippen LogP contribution in [0.15, 0.2) is 35.4 Å². The summed E-state index contributed by atoms with van der Waals surface area (Å²) in [5.74, 6) is 1.96. The number of carbonyl (C=O) groups excluding carboxylic acids is 1. The maximum Gasteiger partial charge on any atom is 0.225 e. The minimum atomic E-state index is -0.0537. The summed E-state index contributed by atoms with van der Waals surface area (Å²) in [4.78, 5) is 16.9. The van der Waals surface area contributed by atoms with E-state index in [4.69, 9.17) is 9.72 Å². The molecule has 1 amide bonds. The molecule has 1 heterocycles. The van der Waals surface area contributed by atoms with Crippen molar-refractivity contribution >= 4 is 23.4 Å². The van der Waals surface area contributed by atoms with Crippen LogP contribution in [0.2, 0.25) is 0 Å². The second kappa shape index (κ2) is 9.61. The Bertz CT molecular complexity index is 875. The normalized spacial score (nSPS) is 15.4. The molecule has 0 saturated carbocycles. The Morgan fingerprint density at radius 2 is 2.18 bits per heavy atom. The Labute approximate surface area is 170 Å². The first-order valence-electron chi connectivity index (χ1n) is 9.67. The minimum absolute atomic E-state index is 0.0537. The van der Waals surface area contributed by atoms with E-state index in [1.165, 1.54) is 17.3 Å². The number of aryl methyl sites for hydroxylation is 1. The van der Waals surface area contributed by atoms with Gasteiger partial charge in [-0.05, 0) is 68.0 Å². The van der Waals surface area contributed by atoms with Gasteiger partial charge in [-0.1, -0.05) is 6.92 Å². The van der Waals surface area contributed by atoms with Gasteiger partial charge >= 0.3 is 0 Å². The van der Waals surface area contributed by atoms with Gasteiger partial charge in [0.05, 0.1) is 12.2 Å². The molecule has 0 aliphatic heterocycles. The zero-order valence-corrected chi connectivity index (χ0v) is 17.1. The first-order valence-corrected chi connectivity index (χ1v) is 10.7. The molecule has 1 aromatic carbocycles. The van der Waals surface area contributed by atoms with Crippen LogP contribution in [-0.2, 0) is 17.6 Å². The topological polar surface area (TPSA) is 75.0 Å². The van der Waals surface area contributed by atoms with Crippen molar-refractivity contribution in [3.63, 3.8) is 0 Å². The summed E-state index contributed by atoms with van der Waals surface area (Å²) in [6.07, 6.45) is 3.46. The van der Waals surface area contributed by atoms with Gasteiger partial charge in [-0.25, -0.2) is 4.98 Å². The number of nitrogens with zero attached hydrogens (tertiary/aromatic N) is 2. The summed E-state index contributed by atoms with van der Waals surface area (Å²) in [6, 6.07) is 11.6. The van der Waals surface area contributed by atoms with E-state index in [-0.39, 0.29) is 5.91 Å². The van der Waals surface area contributed by atoms with Crippen LogP contribution in [0.4, 0.5) is 5.69 Å². The lowest BCUT2D eigenvalue weighted by Crippen LogP contribution is -2.14. The van der Waals surface area contributed by atoms with E-state index in [9.17, 15) is 10.1 Å². The first kappa shape index (κ1) is 20.2. The number of hydrogen-bond donors (Lipinski definition) is 1. The standard InChI is InChI=1S/C22H25N3O2S/c1-3-27-19-7-5-18(6-8-19)24-21(26)10-11-28-22-17(14-23)13-16-12-15(2)4-9-20(16)25-22/h5-8,13,15H,3-4,9-12H2,1-2H3,(H,24,26). The third-order valence-corrected chi connectivity index (χ3v) is 5.73. The van der Waals surface area contributed by atoms with E-state index in [0.29, 0.717) is 30.3 Å². The van der Waals surface area contributed by atoms with Gasteiger partial charge in [0.25, 0.3) is 0 Å². The van der Waals surface area contributed by atoms with Gasteiger partial charge in [-0.3, -0.25) is 4.79 Å². The second-order valence-corrected chi connectivity index (χ2v) is 8.09. The number of ether oxygens (including phenoxy) is 1. The minimum Gasteiger partial charge on any atom is -0.494 e. The molecule has 1 unspecified atom stereocenters. The number of pyridine rings is 1. The van der Waals surface area contributed by atoms with Crippen molar-refractivity contribution in [3.8, 4) is 11.8 Å². The summed E-state index contributed by atoms with van der Waals surface area (Å²) in [5, 5.41) is 13.1. The third kappa shape index (κ3) is 5.26. The lowest BCUT2D eigenvalue weighted by atomic mass is 9.87. The van der Waals surface area contributed by atoms with Crippen molar-refractivity contribution in [2.45, 2.75) is 44.6 Å². The molecule has 1 aliphatic carbocycles. The Hall–Kier alpha value is -2.52. The van der Waals surface area contributed by atoms with Crippen molar-refractivity contribution in [2.75, 3.05) is 17.7 Å². The molecule has 0 radical (unpaired) electrons. The molecule has 0 saturated heterocycles. The number of benzene rings is 1. The van der Waals surface area contributed by atoms with Crippen molar-refractivity contribution in [1.82, 2.24) is 4.98 Å². The fraction of sp³-hybridized carbons (Fsp3) is 0.409. The van der Waals surface area contributed by atoms with Crippen LogP contribution in [0.1, 0.15) is 43.5 Å². The summed E-state index contributed by atoms with van der Waals surface area (Å²) < 4.78 is 5.40. The first-order chi connectivity index (χ1) is 13.6. The molecule has 1 aromatic heterocycles. The molecule has 3 rings (SSSR count). The molecule has 0 bridgehead atoms. The molecular formula is C22H25N3O2S. The highest BCUT2D eigenvalue weighted by molar-refractivity contribution is 7.99. The summed E-state index contributed by atoms with van der Waals surface area (Å²) in [6.45, 7) is 4.78. The molecule has 1 atom stereocenters. The van der Waals surface area contributed by atoms with Gasteiger partial charge in [0.15, 0.2) is 0 Å². The predicted octanol–water partition coefficient (Wildman–Crippen LogP) is 4.60. The van der Waals surface area contributed by atoms with E-state index < -0.39 is 0 Å². The fourth-order valence-corrected chi connectivity index (χ4v) is 4.20. The molecule has 2 aromatic rings. The average molecular weight is 396 g/mol. The number of nitriles is 1. The zero-order valence-electron chi connectivity index (χ0n) is 16.3. The highest BCUT2D eigenvalue weighted by Gasteiger charge is 2.19. The van der Waals surface area contributed by atoms with E-state index in [2.05, 4.69) is 18.3 Å². The maximum atomic E-state index is 12.2. The third-order valence-electron chi connectivity index (χ3n) is 4.74. The number of nitrogens with one attached hydrogen (secondary N) is 1. The van der Waals surface area contributed by atoms with Crippen LogP contribution in [-0.4, -0.2) is 23.3 Å². The number of aromatic nitrogens is 1. The number of anilines is 1. The smallest absolute Gasteiger partial charge is 0.225 e. The highest BCUT2D eigenvalue weighted by atomic mass is 32.2. The largest absolute Gasteiger partial charge is 0.494 e. The number of thioether (sulfide) groups is 1. The Kier molecular flexibility index (Phi) is 6.94. The highest BCUT2D eigenvalue weighted by Crippen LogP contribution is 2.29. The number of fused-ring (bicyclic) bond motifs is 1. The number of amides is 1. The van der Waals surface area contributed by atoms with Gasteiger partial charge in [0, 0.05) is 23.6 Å². The molecule has 1 N–H and O–H groups in total. The quantitative estimate of drug-likeness (QED) is 0.694. The predicted molar refractivity (Wildman–Crippen MR) is 112 cm³/mol. The lowest BCUT2D eigenvalue weighted by Gasteiger charge is -2.21. The monoisotopic (exact) mass is 395 g/mol. The van der Waals surface area contributed by atoms with Crippen LogP contribution in [0.5, 0.6) is 5.75 Å². The van der Waals surface area contributed by atoms with Crippen LogP contribution in [0.25, 0.3) is 0 Å². The fourth-order valence-electron chi connectivity index (χ4n) is 3.28. The van der Waals surface area contributed by atoms with E-state index >= 15 is 0 Å². The average Bonchev–Trinajstić information content (AvgIpc) is 2.69. The van der Waals surface area contributed by atoms with Crippen molar-refractivity contribution in [3.05, 3.63) is 47.2 Å². The SMILES string of the molecule is CCOc1ccc(NC(=O)CCSc2nc3c(cc2C#N)CC(C)CC3)cc1. The Morgan fingerprint density at radius 3 is 2.89 bits per heavy atom. The summed E-state index contributed by atoms with van der Waals surface area (Å²) >= 11 is 1.48. The van der Waals surface area contributed by atoms with Gasteiger partial charge in [0.2, 0.25) is 5.91 Å². The van der Waals surface area contributed by atoms with E-state index in [1.54, 1.807) is 0 Å². The van der Waals surface area contributed by atoms with Crippen LogP contribution >= 0.6 is 11.8 Å². The Balaban J connectivity index is 1.54. The number of rotatable bonds is 7. The number of hydrogen-bond acceptors (Lipinski definition) is 5. The maximum absolute atomic E-state index is 12.2. The lowest BCUT2D eigenvalue weighted by molar-refractivity contribution is -0.115. The van der Waals surface area contributed by atoms with Crippen LogP contribution in [0, 0.1) is 17.2 Å². The number of carbonyl (C=O) groups is 1. The Morgan fingerprint density at radius 1 is 1.39 bits per heavy atom. The molecule has 6 heteroatoms. The van der Waals surface area contributed by atoms with Gasteiger partial charge in [0.1, 0.15) is 16.8 Å². The van der Waals surface area contributed by atoms with Crippen LogP contribution < -0.4 is 10.1 Å².